The minimum Gasteiger partial charge on any atom is -0.336 e. The molecule has 0 unspecified atom stereocenters. The lowest BCUT2D eigenvalue weighted by Gasteiger charge is -2.17. The van der Waals surface area contributed by atoms with Crippen LogP contribution in [0.1, 0.15) is 16.1 Å². The average Bonchev–Trinajstić information content (AvgIpc) is 2.55. The Morgan fingerprint density at radius 3 is 2.65 bits per heavy atom. The van der Waals surface area contributed by atoms with Gasteiger partial charge in [-0.2, -0.15) is 5.10 Å². The molecule has 5 nitrogen and oxygen atoms in total. The fraction of sp³-hybridized carbons (Fsp3) is 0.118. The van der Waals surface area contributed by atoms with E-state index in [2.05, 4.69) is 10.2 Å². The third-order valence-electron chi connectivity index (χ3n) is 3.55. The molecule has 1 heterocycles. The smallest absolute Gasteiger partial charge is 0.274 e. The van der Waals surface area contributed by atoms with Gasteiger partial charge in [0.25, 0.3) is 11.5 Å². The molecule has 1 N–H and O–H groups in total. The molecule has 1 aromatic heterocycles. The van der Waals surface area contributed by atoms with E-state index in [0.717, 1.165) is 0 Å². The van der Waals surface area contributed by atoms with E-state index < -0.39 is 0 Å². The lowest BCUT2D eigenvalue weighted by atomic mass is 10.1. The summed E-state index contributed by atoms with van der Waals surface area (Å²) in [7, 11) is 1.61. The molecule has 0 spiro atoms. The fourth-order valence-electron chi connectivity index (χ4n) is 2.44. The van der Waals surface area contributed by atoms with Gasteiger partial charge in [-0.05, 0) is 23.8 Å². The summed E-state index contributed by atoms with van der Waals surface area (Å²) in [4.78, 5) is 25.8. The van der Waals surface area contributed by atoms with Gasteiger partial charge in [0.15, 0.2) is 5.69 Å². The van der Waals surface area contributed by atoms with Gasteiger partial charge in [0.2, 0.25) is 0 Å². The van der Waals surface area contributed by atoms with Crippen LogP contribution >= 0.6 is 0 Å². The second kappa shape index (κ2) is 6.00. The Morgan fingerprint density at radius 2 is 1.91 bits per heavy atom. The monoisotopic (exact) mass is 311 g/mol. The average molecular weight is 311 g/mol. The van der Waals surface area contributed by atoms with Gasteiger partial charge in [0, 0.05) is 19.0 Å². The molecule has 0 aliphatic carbocycles. The maximum absolute atomic E-state index is 13.2. The van der Waals surface area contributed by atoms with E-state index in [4.69, 9.17) is 0 Å². The van der Waals surface area contributed by atoms with Crippen LogP contribution in [-0.2, 0) is 6.54 Å². The zero-order valence-corrected chi connectivity index (χ0v) is 12.4. The lowest BCUT2D eigenvalue weighted by Crippen LogP contribution is -2.28. The predicted octanol–water partition coefficient (Wildman–Crippen LogP) is 2.33. The number of aromatic nitrogens is 2. The largest absolute Gasteiger partial charge is 0.336 e. The number of halogens is 1. The molecule has 0 saturated carbocycles. The maximum Gasteiger partial charge on any atom is 0.274 e. The molecular formula is C17H14FN3O2. The summed E-state index contributed by atoms with van der Waals surface area (Å²) in [5.74, 6) is -0.697. The highest BCUT2D eigenvalue weighted by Gasteiger charge is 2.18. The van der Waals surface area contributed by atoms with Crippen LogP contribution < -0.4 is 5.56 Å². The summed E-state index contributed by atoms with van der Waals surface area (Å²) < 4.78 is 13.2. The van der Waals surface area contributed by atoms with Crippen molar-refractivity contribution in [3.8, 4) is 0 Å². The van der Waals surface area contributed by atoms with Gasteiger partial charge in [-0.1, -0.05) is 30.3 Å². The number of fused-ring (bicyclic) bond motifs is 1. The highest BCUT2D eigenvalue weighted by Crippen LogP contribution is 2.15. The summed E-state index contributed by atoms with van der Waals surface area (Å²) in [6.07, 6.45) is 0. The molecule has 6 heteroatoms. The molecule has 0 bridgehead atoms. The van der Waals surface area contributed by atoms with Crippen molar-refractivity contribution in [3.05, 3.63) is 76.0 Å². The van der Waals surface area contributed by atoms with Gasteiger partial charge >= 0.3 is 0 Å². The van der Waals surface area contributed by atoms with Crippen LogP contribution in [0.15, 0.2) is 53.3 Å². The van der Waals surface area contributed by atoms with Gasteiger partial charge in [-0.3, -0.25) is 9.59 Å². The molecule has 0 radical (unpaired) electrons. The number of benzene rings is 2. The second-order valence-corrected chi connectivity index (χ2v) is 5.24. The van der Waals surface area contributed by atoms with E-state index in [1.54, 1.807) is 43.4 Å². The Bertz CT molecular complexity index is 936. The minimum atomic E-state index is -0.351. The first-order valence-corrected chi connectivity index (χ1v) is 7.03. The van der Waals surface area contributed by atoms with Crippen LogP contribution in [0.2, 0.25) is 0 Å². The van der Waals surface area contributed by atoms with Crippen LogP contribution in [0.4, 0.5) is 4.39 Å². The molecule has 0 fully saturated rings. The van der Waals surface area contributed by atoms with Crippen molar-refractivity contribution in [2.75, 3.05) is 7.05 Å². The van der Waals surface area contributed by atoms with Gasteiger partial charge in [0.1, 0.15) is 5.82 Å². The molecule has 23 heavy (non-hydrogen) atoms. The van der Waals surface area contributed by atoms with Gasteiger partial charge < -0.3 is 4.90 Å². The number of nitrogens with one attached hydrogen (secondary N) is 1. The van der Waals surface area contributed by atoms with E-state index >= 15 is 0 Å². The predicted molar refractivity (Wildman–Crippen MR) is 84.6 cm³/mol. The van der Waals surface area contributed by atoms with Crippen molar-refractivity contribution in [2.24, 2.45) is 0 Å². The van der Waals surface area contributed by atoms with Crippen molar-refractivity contribution in [1.82, 2.24) is 15.1 Å². The first-order chi connectivity index (χ1) is 11.1. The van der Waals surface area contributed by atoms with Crippen molar-refractivity contribution >= 4 is 16.7 Å². The number of H-pyrrole nitrogens is 1. The summed E-state index contributed by atoms with van der Waals surface area (Å²) in [6, 6.07) is 12.8. The molecule has 3 rings (SSSR count). The molecular weight excluding hydrogens is 297 g/mol. The molecule has 0 aliphatic rings. The number of carbonyl (C=O) groups excluding carboxylic acids is 1. The topological polar surface area (TPSA) is 66.1 Å². The molecule has 3 aromatic rings. The van der Waals surface area contributed by atoms with Crippen molar-refractivity contribution in [1.29, 1.82) is 0 Å². The summed E-state index contributed by atoms with van der Waals surface area (Å²) in [5, 5.41) is 7.12. The maximum atomic E-state index is 13.2. The normalized spacial score (nSPS) is 10.7. The standard InChI is InChI=1S/C17H14FN3O2/c1-21(10-11-5-4-6-12(18)9-11)17(23)15-13-7-2-3-8-14(13)16(22)20-19-15/h2-9H,10H2,1H3,(H,20,22). The number of hydrogen-bond acceptors (Lipinski definition) is 3. The number of rotatable bonds is 3. The van der Waals surface area contributed by atoms with Gasteiger partial charge in [0.05, 0.1) is 5.39 Å². The van der Waals surface area contributed by atoms with Crippen LogP contribution in [0.3, 0.4) is 0 Å². The molecule has 0 atom stereocenters. The SMILES string of the molecule is CN(Cc1cccc(F)c1)C(=O)c1n[nH]c(=O)c2ccccc12. The summed E-state index contributed by atoms with van der Waals surface area (Å²) >= 11 is 0. The van der Waals surface area contributed by atoms with Gasteiger partial charge in [-0.25, -0.2) is 9.49 Å². The Kier molecular flexibility index (Phi) is 3.89. The van der Waals surface area contributed by atoms with E-state index in [0.29, 0.717) is 16.3 Å². The number of amides is 1. The fourth-order valence-corrected chi connectivity index (χ4v) is 2.44. The third kappa shape index (κ3) is 2.96. The Hall–Kier alpha value is -3.02. The zero-order valence-electron chi connectivity index (χ0n) is 12.4. The van der Waals surface area contributed by atoms with E-state index in [-0.39, 0.29) is 29.5 Å². The van der Waals surface area contributed by atoms with Gasteiger partial charge in [-0.15, -0.1) is 0 Å². The van der Waals surface area contributed by atoms with Crippen LogP contribution in [0.5, 0.6) is 0 Å². The first-order valence-electron chi connectivity index (χ1n) is 7.03. The van der Waals surface area contributed by atoms with E-state index in [1.165, 1.54) is 17.0 Å². The molecule has 2 aromatic carbocycles. The second-order valence-electron chi connectivity index (χ2n) is 5.24. The van der Waals surface area contributed by atoms with E-state index in [1.807, 2.05) is 0 Å². The molecule has 116 valence electrons. The Labute approximate surface area is 131 Å². The quantitative estimate of drug-likeness (QED) is 0.807. The Morgan fingerprint density at radius 1 is 1.17 bits per heavy atom. The van der Waals surface area contributed by atoms with Crippen LogP contribution in [-0.4, -0.2) is 28.1 Å². The first kappa shape index (κ1) is 14.9. The highest BCUT2D eigenvalue weighted by atomic mass is 19.1. The van der Waals surface area contributed by atoms with Crippen molar-refractivity contribution < 1.29 is 9.18 Å². The lowest BCUT2D eigenvalue weighted by molar-refractivity contribution is 0.0780. The van der Waals surface area contributed by atoms with E-state index in [9.17, 15) is 14.0 Å². The summed E-state index contributed by atoms with van der Waals surface area (Å²) in [6.45, 7) is 0.242. The number of nitrogens with zero attached hydrogens (tertiary/aromatic N) is 2. The number of hydrogen-bond donors (Lipinski definition) is 1. The third-order valence-corrected chi connectivity index (χ3v) is 3.55. The molecule has 0 aliphatic heterocycles. The molecule has 1 amide bonds. The number of aromatic amines is 1. The van der Waals surface area contributed by atoms with Crippen LogP contribution in [0, 0.1) is 5.82 Å². The minimum absolute atomic E-state index is 0.166. The van der Waals surface area contributed by atoms with Crippen molar-refractivity contribution in [2.45, 2.75) is 6.54 Å². The van der Waals surface area contributed by atoms with Crippen LogP contribution in [0.25, 0.3) is 10.8 Å². The molecule has 0 saturated heterocycles. The highest BCUT2D eigenvalue weighted by molar-refractivity contribution is 6.04. The zero-order chi connectivity index (χ0) is 16.4. The Balaban J connectivity index is 1.94. The summed E-state index contributed by atoms with van der Waals surface area (Å²) in [5.41, 5.74) is 0.499. The number of carbonyl (C=O) groups is 1. The van der Waals surface area contributed by atoms with Crippen molar-refractivity contribution in [3.63, 3.8) is 0 Å².